The normalized spacial score (nSPS) is 14.6. The van der Waals surface area contributed by atoms with Crippen LogP contribution in [-0.4, -0.2) is 44.3 Å². The largest absolute Gasteiger partial charge is 0.415 e. The second-order valence-corrected chi connectivity index (χ2v) is 9.64. The number of anilines is 1. The van der Waals surface area contributed by atoms with Gasteiger partial charge in [0, 0.05) is 46.4 Å². The number of aromatic nitrogens is 5. The molecule has 0 aliphatic carbocycles. The van der Waals surface area contributed by atoms with Crippen LogP contribution < -0.4 is 10.6 Å². The van der Waals surface area contributed by atoms with Gasteiger partial charge >= 0.3 is 0 Å². The molecule has 1 aliphatic heterocycles. The van der Waals surface area contributed by atoms with E-state index < -0.39 is 5.41 Å². The van der Waals surface area contributed by atoms with Gasteiger partial charge in [-0.3, -0.25) is 9.97 Å². The Bertz CT molecular complexity index is 1430. The number of aryl methyl sites for hydroxylation is 1. The lowest BCUT2D eigenvalue weighted by molar-refractivity contribution is 0.501. The minimum Gasteiger partial charge on any atom is -0.415 e. The average Bonchev–Trinajstić information content (AvgIpc) is 3.40. The van der Waals surface area contributed by atoms with Crippen LogP contribution in [0, 0.1) is 18.3 Å². The van der Waals surface area contributed by atoms with Crippen LogP contribution in [0.1, 0.15) is 42.4 Å². The van der Waals surface area contributed by atoms with Gasteiger partial charge in [0.25, 0.3) is 5.89 Å². The number of hydrogen-bond donors (Lipinski definition) is 1. The van der Waals surface area contributed by atoms with Crippen molar-refractivity contribution >= 4 is 5.69 Å². The van der Waals surface area contributed by atoms with E-state index >= 15 is 0 Å². The van der Waals surface area contributed by atoms with Gasteiger partial charge in [-0.1, -0.05) is 0 Å². The van der Waals surface area contributed by atoms with Gasteiger partial charge in [0.2, 0.25) is 5.89 Å². The lowest BCUT2D eigenvalue weighted by Gasteiger charge is -2.32. The Hall–Kier alpha value is -4.16. The smallest absolute Gasteiger partial charge is 0.268 e. The maximum Gasteiger partial charge on any atom is 0.268 e. The Morgan fingerprint density at radius 3 is 2.50 bits per heavy atom. The Morgan fingerprint density at radius 1 is 1.06 bits per heavy atom. The standard InChI is InChI=1S/C27H28N8O.3H2/c1-17-24(32-22(15-31-17)19-8-11-30-23(14-19)27(2,3)16-28)26-34-33-25(36-26)18-4-6-21(7-5-18)35-12-9-20(29)10-13-35;;;/h4-8,11,14-15,20H,9-10,12-13,29H2,1-3H3;3*1H. The molecular formula is C27H34N8O. The molecule has 0 bridgehead atoms. The summed E-state index contributed by atoms with van der Waals surface area (Å²) in [6.45, 7) is 7.45. The molecule has 1 aliphatic rings. The Balaban J connectivity index is 0.00000178. The minimum atomic E-state index is -0.714. The van der Waals surface area contributed by atoms with Crippen LogP contribution in [0.5, 0.6) is 0 Å². The monoisotopic (exact) mass is 486 g/mol. The molecule has 188 valence electrons. The topological polar surface area (TPSA) is 131 Å². The molecule has 0 radical (unpaired) electrons. The lowest BCUT2D eigenvalue weighted by Crippen LogP contribution is -2.39. The fourth-order valence-corrected chi connectivity index (χ4v) is 4.19. The molecule has 0 atom stereocenters. The van der Waals surface area contributed by atoms with E-state index in [-0.39, 0.29) is 4.28 Å². The van der Waals surface area contributed by atoms with Crippen molar-refractivity contribution in [2.45, 2.75) is 45.1 Å². The first-order chi connectivity index (χ1) is 17.3. The molecule has 1 saturated heterocycles. The molecule has 36 heavy (non-hydrogen) atoms. The molecule has 0 amide bonds. The first kappa shape index (κ1) is 23.6. The molecule has 0 unspecified atom stereocenters. The molecule has 1 aromatic carbocycles. The zero-order chi connectivity index (χ0) is 25.3. The first-order valence-corrected chi connectivity index (χ1v) is 12.0. The van der Waals surface area contributed by atoms with E-state index in [1.54, 1.807) is 12.4 Å². The second kappa shape index (κ2) is 9.47. The molecule has 9 heteroatoms. The molecule has 9 nitrogen and oxygen atoms in total. The Labute approximate surface area is 214 Å². The van der Waals surface area contributed by atoms with Crippen LogP contribution in [0.15, 0.2) is 53.2 Å². The van der Waals surface area contributed by atoms with Crippen molar-refractivity contribution in [3.8, 4) is 40.4 Å². The summed E-state index contributed by atoms with van der Waals surface area (Å²) < 4.78 is 6.01. The summed E-state index contributed by atoms with van der Waals surface area (Å²) in [7, 11) is 0. The van der Waals surface area contributed by atoms with Crippen molar-refractivity contribution in [2.24, 2.45) is 5.73 Å². The molecule has 4 heterocycles. The van der Waals surface area contributed by atoms with Crippen molar-refractivity contribution in [1.29, 1.82) is 5.26 Å². The summed E-state index contributed by atoms with van der Waals surface area (Å²) in [5.41, 5.74) is 10.6. The van der Waals surface area contributed by atoms with Crippen LogP contribution >= 0.6 is 0 Å². The minimum absolute atomic E-state index is 0. The predicted octanol–water partition coefficient (Wildman–Crippen LogP) is 5.03. The van der Waals surface area contributed by atoms with Gasteiger partial charge in [0.1, 0.15) is 5.69 Å². The molecule has 3 aromatic heterocycles. The summed E-state index contributed by atoms with van der Waals surface area (Å²) in [6, 6.07) is 14.4. The highest BCUT2D eigenvalue weighted by molar-refractivity contribution is 5.64. The van der Waals surface area contributed by atoms with Gasteiger partial charge in [-0.25, -0.2) is 4.98 Å². The first-order valence-electron chi connectivity index (χ1n) is 12.0. The second-order valence-electron chi connectivity index (χ2n) is 9.64. The van der Waals surface area contributed by atoms with E-state index in [0.29, 0.717) is 40.6 Å². The number of pyridine rings is 1. The van der Waals surface area contributed by atoms with Crippen LogP contribution in [0.4, 0.5) is 5.69 Å². The number of nitrogens with two attached hydrogens (primary N) is 1. The zero-order valence-corrected chi connectivity index (χ0v) is 20.6. The molecule has 0 spiro atoms. The van der Waals surface area contributed by atoms with E-state index in [0.717, 1.165) is 42.7 Å². The average molecular weight is 487 g/mol. The molecule has 2 N–H and O–H groups in total. The third kappa shape index (κ3) is 4.68. The highest BCUT2D eigenvalue weighted by Gasteiger charge is 2.23. The van der Waals surface area contributed by atoms with Crippen molar-refractivity contribution in [2.75, 3.05) is 18.0 Å². The van der Waals surface area contributed by atoms with Crippen LogP contribution in [0.2, 0.25) is 0 Å². The van der Waals surface area contributed by atoms with Crippen molar-refractivity contribution in [3.05, 3.63) is 60.2 Å². The van der Waals surface area contributed by atoms with Crippen molar-refractivity contribution in [3.63, 3.8) is 0 Å². The van der Waals surface area contributed by atoms with E-state index in [4.69, 9.17) is 15.1 Å². The predicted molar refractivity (Wildman–Crippen MR) is 143 cm³/mol. The Kier molecular flexibility index (Phi) is 6.20. The van der Waals surface area contributed by atoms with Gasteiger partial charge in [-0.2, -0.15) is 5.26 Å². The van der Waals surface area contributed by atoms with Gasteiger partial charge < -0.3 is 15.1 Å². The fraction of sp³-hybridized carbons (Fsp3) is 0.333. The SMILES string of the molecule is Cc1ncc(-c2ccnc(C(C)(C)C#N)c2)nc1-c1nnc(-c2ccc(N3CCC(N)CC3)cc2)o1.[HH].[HH].[HH]. The van der Waals surface area contributed by atoms with Crippen LogP contribution in [0.25, 0.3) is 34.3 Å². The molecule has 1 fully saturated rings. The fourth-order valence-electron chi connectivity index (χ4n) is 4.19. The third-order valence-electron chi connectivity index (χ3n) is 6.58. The van der Waals surface area contributed by atoms with E-state index in [1.807, 2.05) is 45.0 Å². The van der Waals surface area contributed by atoms with Gasteiger partial charge in [0.05, 0.1) is 34.8 Å². The molecule has 5 rings (SSSR count). The summed E-state index contributed by atoms with van der Waals surface area (Å²) in [4.78, 5) is 16.0. The number of rotatable bonds is 5. The maximum atomic E-state index is 9.47. The van der Waals surface area contributed by atoms with E-state index in [9.17, 15) is 5.26 Å². The molecular weight excluding hydrogens is 452 g/mol. The van der Waals surface area contributed by atoms with Gasteiger partial charge in [-0.05, 0) is 70.0 Å². The summed E-state index contributed by atoms with van der Waals surface area (Å²) >= 11 is 0. The third-order valence-corrected chi connectivity index (χ3v) is 6.58. The summed E-state index contributed by atoms with van der Waals surface area (Å²) in [5.74, 6) is 0.725. The summed E-state index contributed by atoms with van der Waals surface area (Å²) in [5, 5.41) is 18.0. The van der Waals surface area contributed by atoms with E-state index in [1.165, 1.54) is 0 Å². The highest BCUT2D eigenvalue weighted by Crippen LogP contribution is 2.29. The quantitative estimate of drug-likeness (QED) is 0.412. The van der Waals surface area contributed by atoms with Crippen LogP contribution in [0.3, 0.4) is 0 Å². The molecule has 4 aromatic rings. The van der Waals surface area contributed by atoms with E-state index in [2.05, 4.69) is 43.3 Å². The number of piperidine rings is 1. The van der Waals surface area contributed by atoms with Crippen molar-refractivity contribution < 1.29 is 8.70 Å². The summed E-state index contributed by atoms with van der Waals surface area (Å²) in [6.07, 6.45) is 5.38. The number of nitrogens with zero attached hydrogens (tertiary/aromatic N) is 7. The van der Waals surface area contributed by atoms with Crippen molar-refractivity contribution in [1.82, 2.24) is 25.1 Å². The van der Waals surface area contributed by atoms with Gasteiger partial charge in [-0.15, -0.1) is 10.2 Å². The zero-order valence-electron chi connectivity index (χ0n) is 20.6. The number of nitriles is 1. The van der Waals surface area contributed by atoms with Gasteiger partial charge in [0.15, 0.2) is 0 Å². The maximum absolute atomic E-state index is 9.47. The highest BCUT2D eigenvalue weighted by atomic mass is 16.4. The van der Waals surface area contributed by atoms with Crippen LogP contribution in [-0.2, 0) is 5.41 Å². The molecule has 0 saturated carbocycles. The number of hydrogen-bond acceptors (Lipinski definition) is 9. The lowest BCUT2D eigenvalue weighted by atomic mass is 9.90. The Morgan fingerprint density at radius 2 is 1.78 bits per heavy atom. The number of benzene rings is 1.